The van der Waals surface area contributed by atoms with Gasteiger partial charge in [-0.15, -0.1) is 0 Å². The molecule has 2 nitrogen and oxygen atoms in total. The summed E-state index contributed by atoms with van der Waals surface area (Å²) in [6.07, 6.45) is 8.58. The maximum Gasteiger partial charge on any atom is 0.152 e. The molecule has 1 aliphatic carbocycles. The summed E-state index contributed by atoms with van der Waals surface area (Å²) in [5.41, 5.74) is 2.18. The third-order valence-corrected chi connectivity index (χ3v) is 4.13. The molecule has 0 aliphatic heterocycles. The molecule has 17 heavy (non-hydrogen) atoms. The standard InChI is InChI=1S/C14H21ClN2/c1-10-8-9-16-14(15)13(10)17-11(2)12-6-4-3-5-7-12/h8-9,11-12,17H,3-7H2,1-2H3. The molecule has 0 aromatic carbocycles. The lowest BCUT2D eigenvalue weighted by Crippen LogP contribution is -2.28. The summed E-state index contributed by atoms with van der Waals surface area (Å²) in [5, 5.41) is 4.14. The molecule has 2 rings (SSSR count). The van der Waals surface area contributed by atoms with Crippen molar-refractivity contribution in [3.63, 3.8) is 0 Å². The summed E-state index contributed by atoms with van der Waals surface area (Å²) < 4.78 is 0. The van der Waals surface area contributed by atoms with Gasteiger partial charge in [-0.25, -0.2) is 4.98 Å². The number of aryl methyl sites for hydroxylation is 1. The second-order valence-electron chi connectivity index (χ2n) is 5.12. The molecule has 1 heterocycles. The van der Waals surface area contributed by atoms with E-state index in [0.717, 1.165) is 11.6 Å². The van der Waals surface area contributed by atoms with Gasteiger partial charge in [0.1, 0.15) is 0 Å². The van der Waals surface area contributed by atoms with Crippen LogP contribution < -0.4 is 5.32 Å². The first-order valence-electron chi connectivity index (χ1n) is 6.56. The predicted molar refractivity (Wildman–Crippen MR) is 73.6 cm³/mol. The van der Waals surface area contributed by atoms with E-state index in [1.54, 1.807) is 6.20 Å². The van der Waals surface area contributed by atoms with Crippen LogP contribution in [0.4, 0.5) is 5.69 Å². The van der Waals surface area contributed by atoms with Gasteiger partial charge in [-0.2, -0.15) is 0 Å². The summed E-state index contributed by atoms with van der Waals surface area (Å²) >= 11 is 6.14. The Morgan fingerprint density at radius 1 is 1.35 bits per heavy atom. The fourth-order valence-electron chi connectivity index (χ4n) is 2.68. The first-order chi connectivity index (χ1) is 8.18. The van der Waals surface area contributed by atoms with Crippen molar-refractivity contribution in [1.29, 1.82) is 0 Å². The Hall–Kier alpha value is -0.760. The van der Waals surface area contributed by atoms with Gasteiger partial charge in [0.15, 0.2) is 5.15 Å². The maximum atomic E-state index is 6.14. The topological polar surface area (TPSA) is 24.9 Å². The van der Waals surface area contributed by atoms with E-state index in [-0.39, 0.29) is 0 Å². The van der Waals surface area contributed by atoms with E-state index in [2.05, 4.69) is 24.1 Å². The fourth-order valence-corrected chi connectivity index (χ4v) is 2.94. The Labute approximate surface area is 109 Å². The Bertz CT molecular complexity index is 352. The Balaban J connectivity index is 2.04. The summed E-state index contributed by atoms with van der Waals surface area (Å²) in [7, 11) is 0. The molecule has 0 saturated heterocycles. The summed E-state index contributed by atoms with van der Waals surface area (Å²) in [6, 6.07) is 2.48. The number of anilines is 1. The van der Waals surface area contributed by atoms with Crippen molar-refractivity contribution < 1.29 is 0 Å². The summed E-state index contributed by atoms with van der Waals surface area (Å²) in [6.45, 7) is 4.34. The van der Waals surface area contributed by atoms with Crippen LogP contribution in [-0.2, 0) is 0 Å². The van der Waals surface area contributed by atoms with E-state index < -0.39 is 0 Å². The summed E-state index contributed by atoms with van der Waals surface area (Å²) in [5.74, 6) is 0.777. The van der Waals surface area contributed by atoms with Gasteiger partial charge in [0.05, 0.1) is 5.69 Å². The van der Waals surface area contributed by atoms with Crippen LogP contribution in [0.2, 0.25) is 5.15 Å². The molecule has 0 spiro atoms. The van der Waals surface area contributed by atoms with Gasteiger partial charge in [-0.05, 0) is 44.2 Å². The molecule has 0 bridgehead atoms. The SMILES string of the molecule is Cc1ccnc(Cl)c1NC(C)C1CCCCC1. The molecule has 1 saturated carbocycles. The number of halogens is 1. The van der Waals surface area contributed by atoms with Crippen molar-refractivity contribution in [3.05, 3.63) is 23.0 Å². The number of aromatic nitrogens is 1. The van der Waals surface area contributed by atoms with Gasteiger partial charge < -0.3 is 5.32 Å². The van der Waals surface area contributed by atoms with Gasteiger partial charge in [-0.1, -0.05) is 30.9 Å². The Morgan fingerprint density at radius 2 is 2.06 bits per heavy atom. The molecule has 1 aromatic heterocycles. The highest BCUT2D eigenvalue weighted by Gasteiger charge is 2.21. The lowest BCUT2D eigenvalue weighted by molar-refractivity contribution is 0.328. The minimum Gasteiger partial charge on any atom is -0.380 e. The number of nitrogens with one attached hydrogen (secondary N) is 1. The second-order valence-corrected chi connectivity index (χ2v) is 5.48. The van der Waals surface area contributed by atoms with Gasteiger partial charge in [-0.3, -0.25) is 0 Å². The van der Waals surface area contributed by atoms with Crippen molar-refractivity contribution in [1.82, 2.24) is 4.98 Å². The van der Waals surface area contributed by atoms with E-state index in [1.165, 1.54) is 37.7 Å². The molecule has 1 atom stereocenters. The minimum atomic E-state index is 0.482. The maximum absolute atomic E-state index is 6.14. The number of pyridine rings is 1. The monoisotopic (exact) mass is 252 g/mol. The first-order valence-corrected chi connectivity index (χ1v) is 6.94. The van der Waals surface area contributed by atoms with Crippen LogP contribution in [0.5, 0.6) is 0 Å². The average molecular weight is 253 g/mol. The van der Waals surface area contributed by atoms with E-state index in [0.29, 0.717) is 11.2 Å². The lowest BCUT2D eigenvalue weighted by Gasteiger charge is -2.29. The quantitative estimate of drug-likeness (QED) is 0.806. The van der Waals surface area contributed by atoms with Crippen molar-refractivity contribution >= 4 is 17.3 Å². The number of hydrogen-bond donors (Lipinski definition) is 1. The molecule has 3 heteroatoms. The zero-order valence-electron chi connectivity index (χ0n) is 10.7. The first kappa shape index (κ1) is 12.7. The van der Waals surface area contributed by atoms with Crippen LogP contribution >= 0.6 is 11.6 Å². The molecule has 1 fully saturated rings. The van der Waals surface area contributed by atoms with Crippen molar-refractivity contribution in [2.24, 2.45) is 5.92 Å². The Morgan fingerprint density at radius 3 is 2.71 bits per heavy atom. The predicted octanol–water partition coefficient (Wildman–Crippen LogP) is 4.42. The van der Waals surface area contributed by atoms with Crippen LogP contribution in [0.15, 0.2) is 12.3 Å². The zero-order chi connectivity index (χ0) is 12.3. The summed E-state index contributed by atoms with van der Waals surface area (Å²) in [4.78, 5) is 4.14. The van der Waals surface area contributed by atoms with Crippen LogP contribution in [0.3, 0.4) is 0 Å². The Kier molecular flexibility index (Phi) is 4.27. The largest absolute Gasteiger partial charge is 0.380 e. The van der Waals surface area contributed by atoms with Crippen molar-refractivity contribution in [3.8, 4) is 0 Å². The van der Waals surface area contributed by atoms with E-state index in [9.17, 15) is 0 Å². The molecule has 94 valence electrons. The van der Waals surface area contributed by atoms with Crippen LogP contribution in [-0.4, -0.2) is 11.0 Å². The van der Waals surface area contributed by atoms with E-state index in [4.69, 9.17) is 11.6 Å². The van der Waals surface area contributed by atoms with E-state index in [1.807, 2.05) is 6.07 Å². The smallest absolute Gasteiger partial charge is 0.152 e. The van der Waals surface area contributed by atoms with Gasteiger partial charge in [0, 0.05) is 12.2 Å². The van der Waals surface area contributed by atoms with E-state index >= 15 is 0 Å². The highest BCUT2D eigenvalue weighted by atomic mass is 35.5. The fraction of sp³-hybridized carbons (Fsp3) is 0.643. The molecule has 1 aliphatic rings. The molecular weight excluding hydrogens is 232 g/mol. The zero-order valence-corrected chi connectivity index (χ0v) is 11.4. The van der Waals surface area contributed by atoms with Crippen molar-refractivity contribution in [2.45, 2.75) is 52.0 Å². The van der Waals surface area contributed by atoms with Crippen LogP contribution in [0.25, 0.3) is 0 Å². The number of hydrogen-bond acceptors (Lipinski definition) is 2. The van der Waals surface area contributed by atoms with Gasteiger partial charge >= 0.3 is 0 Å². The lowest BCUT2D eigenvalue weighted by atomic mass is 9.84. The molecule has 1 N–H and O–H groups in total. The molecule has 1 unspecified atom stereocenters. The highest BCUT2D eigenvalue weighted by Crippen LogP contribution is 2.30. The third kappa shape index (κ3) is 3.12. The average Bonchev–Trinajstić information content (AvgIpc) is 2.35. The number of nitrogens with zero attached hydrogens (tertiary/aromatic N) is 1. The van der Waals surface area contributed by atoms with Crippen LogP contribution in [0.1, 0.15) is 44.6 Å². The molecule has 0 radical (unpaired) electrons. The third-order valence-electron chi connectivity index (χ3n) is 3.84. The van der Waals surface area contributed by atoms with Gasteiger partial charge in [0.2, 0.25) is 0 Å². The van der Waals surface area contributed by atoms with Gasteiger partial charge in [0.25, 0.3) is 0 Å². The number of rotatable bonds is 3. The molecule has 1 aromatic rings. The molecule has 0 amide bonds. The molecular formula is C14H21ClN2. The second kappa shape index (κ2) is 5.72. The van der Waals surface area contributed by atoms with Crippen molar-refractivity contribution in [2.75, 3.05) is 5.32 Å². The van der Waals surface area contributed by atoms with Crippen LogP contribution in [0, 0.1) is 12.8 Å². The normalized spacial score (nSPS) is 19.0. The minimum absolute atomic E-state index is 0.482. The highest BCUT2D eigenvalue weighted by molar-refractivity contribution is 6.32.